The van der Waals surface area contributed by atoms with Gasteiger partial charge in [0.05, 0.1) is 39.0 Å². The molecule has 0 heterocycles. The summed E-state index contributed by atoms with van der Waals surface area (Å²) in [6.45, 7) is 1.64. The van der Waals surface area contributed by atoms with Crippen molar-refractivity contribution in [3.8, 4) is 23.0 Å². The van der Waals surface area contributed by atoms with Gasteiger partial charge < -0.3 is 19.3 Å². The summed E-state index contributed by atoms with van der Waals surface area (Å²) in [5.41, 5.74) is 3.04. The quantitative estimate of drug-likeness (QED) is 0.416. The minimum atomic E-state index is -3.80. The maximum Gasteiger partial charge on any atom is 0.260 e. The van der Waals surface area contributed by atoms with Crippen LogP contribution < -0.4 is 23.9 Å². The highest BCUT2D eigenvalue weighted by molar-refractivity contribution is 7.92. The third kappa shape index (κ3) is 6.51. The SMILES string of the molecule is CCOc1cc(/C=N\NC(=O)CN(c2ccc(OC)cc2OC)S(C)(=O)=O)ccc1O. The number of sulfonamides is 1. The number of hydrazone groups is 1. The van der Waals surface area contributed by atoms with E-state index in [-0.39, 0.29) is 22.9 Å². The Balaban J connectivity index is 2.16. The van der Waals surface area contributed by atoms with Gasteiger partial charge in [-0.05, 0) is 42.8 Å². The Bertz CT molecular complexity index is 1050. The molecule has 2 aromatic rings. The van der Waals surface area contributed by atoms with Gasteiger partial charge >= 0.3 is 0 Å². The van der Waals surface area contributed by atoms with Crippen molar-refractivity contribution >= 4 is 27.8 Å². The Morgan fingerprint density at radius 2 is 1.90 bits per heavy atom. The number of carbonyl (C=O) groups excluding carboxylic acids is 1. The number of methoxy groups -OCH3 is 2. The molecule has 2 aromatic carbocycles. The number of rotatable bonds is 10. The lowest BCUT2D eigenvalue weighted by Gasteiger charge is -2.23. The minimum Gasteiger partial charge on any atom is -0.504 e. The van der Waals surface area contributed by atoms with Crippen LogP contribution in [0.1, 0.15) is 12.5 Å². The van der Waals surface area contributed by atoms with Crippen molar-refractivity contribution in [2.75, 3.05) is 37.9 Å². The smallest absolute Gasteiger partial charge is 0.260 e. The molecule has 0 saturated carbocycles. The monoisotopic (exact) mass is 451 g/mol. The van der Waals surface area contributed by atoms with Crippen LogP contribution in [0, 0.1) is 0 Å². The first kappa shape index (κ1) is 23.8. The lowest BCUT2D eigenvalue weighted by Crippen LogP contribution is -2.39. The van der Waals surface area contributed by atoms with Crippen molar-refractivity contribution in [1.82, 2.24) is 5.43 Å². The number of hydrogen-bond donors (Lipinski definition) is 2. The van der Waals surface area contributed by atoms with Crippen LogP contribution in [0.5, 0.6) is 23.0 Å². The van der Waals surface area contributed by atoms with Gasteiger partial charge in [-0.15, -0.1) is 0 Å². The molecule has 0 atom stereocenters. The zero-order chi connectivity index (χ0) is 23.0. The fraction of sp³-hybridized carbons (Fsp3) is 0.300. The molecule has 168 valence electrons. The molecule has 10 nitrogen and oxygen atoms in total. The third-order valence-corrected chi connectivity index (χ3v) is 5.16. The van der Waals surface area contributed by atoms with E-state index >= 15 is 0 Å². The molecule has 0 fully saturated rings. The normalized spacial score (nSPS) is 11.2. The van der Waals surface area contributed by atoms with E-state index < -0.39 is 22.5 Å². The number of aromatic hydroxyl groups is 1. The lowest BCUT2D eigenvalue weighted by molar-refractivity contribution is -0.119. The van der Waals surface area contributed by atoms with Crippen LogP contribution in [0.3, 0.4) is 0 Å². The summed E-state index contributed by atoms with van der Waals surface area (Å²) in [5.74, 6) is 0.313. The van der Waals surface area contributed by atoms with Crippen LogP contribution in [0.15, 0.2) is 41.5 Å². The van der Waals surface area contributed by atoms with Crippen LogP contribution >= 0.6 is 0 Å². The number of phenolic OH excluding ortho intramolecular Hbond substituents is 1. The molecule has 0 radical (unpaired) electrons. The number of nitrogens with one attached hydrogen (secondary N) is 1. The van der Waals surface area contributed by atoms with Crippen LogP contribution in [0.4, 0.5) is 5.69 Å². The van der Waals surface area contributed by atoms with Gasteiger partial charge in [0, 0.05) is 6.07 Å². The average Bonchev–Trinajstić information content (AvgIpc) is 2.73. The Morgan fingerprint density at radius 1 is 1.16 bits per heavy atom. The summed E-state index contributed by atoms with van der Waals surface area (Å²) < 4.78 is 41.2. The second-order valence-electron chi connectivity index (χ2n) is 6.26. The number of carbonyl (C=O) groups is 1. The standard InChI is InChI=1S/C20H25N3O7S/c1-5-30-19-10-14(6-9-17(19)24)12-21-22-20(25)13-23(31(4,26)27)16-8-7-15(28-2)11-18(16)29-3/h6-12,24H,5,13H2,1-4H3,(H,22,25)/b21-12-. The Hall–Kier alpha value is -3.47. The molecule has 0 aliphatic heterocycles. The van der Waals surface area contributed by atoms with E-state index in [0.717, 1.165) is 10.6 Å². The highest BCUT2D eigenvalue weighted by Gasteiger charge is 2.24. The summed E-state index contributed by atoms with van der Waals surface area (Å²) in [6.07, 6.45) is 2.33. The Labute approximate surface area is 181 Å². The molecule has 11 heteroatoms. The number of benzene rings is 2. The first-order chi connectivity index (χ1) is 14.7. The van der Waals surface area contributed by atoms with Crippen molar-refractivity contribution in [1.29, 1.82) is 0 Å². The van der Waals surface area contributed by atoms with Crippen LogP contribution in [0.25, 0.3) is 0 Å². The van der Waals surface area contributed by atoms with E-state index in [0.29, 0.717) is 17.9 Å². The summed E-state index contributed by atoms with van der Waals surface area (Å²) >= 11 is 0. The van der Waals surface area contributed by atoms with Gasteiger partial charge in [-0.1, -0.05) is 0 Å². The van der Waals surface area contributed by atoms with Gasteiger partial charge in [0.1, 0.15) is 18.0 Å². The number of phenols is 1. The molecule has 0 unspecified atom stereocenters. The third-order valence-electron chi connectivity index (χ3n) is 4.03. The van der Waals surface area contributed by atoms with Gasteiger partial charge in [-0.3, -0.25) is 9.10 Å². The number of ether oxygens (including phenoxy) is 3. The van der Waals surface area contributed by atoms with Gasteiger partial charge in [0.2, 0.25) is 10.0 Å². The second kappa shape index (κ2) is 10.5. The van der Waals surface area contributed by atoms with Crippen molar-refractivity contribution in [3.63, 3.8) is 0 Å². The fourth-order valence-electron chi connectivity index (χ4n) is 2.60. The predicted molar refractivity (Wildman–Crippen MR) is 117 cm³/mol. The van der Waals surface area contributed by atoms with E-state index in [9.17, 15) is 18.3 Å². The van der Waals surface area contributed by atoms with Crippen LogP contribution in [0.2, 0.25) is 0 Å². The highest BCUT2D eigenvalue weighted by atomic mass is 32.2. The maximum absolute atomic E-state index is 12.3. The zero-order valence-electron chi connectivity index (χ0n) is 17.7. The number of hydrogen-bond acceptors (Lipinski definition) is 8. The molecule has 0 aliphatic rings. The molecule has 0 saturated heterocycles. The van der Waals surface area contributed by atoms with Gasteiger partial charge in [0.25, 0.3) is 5.91 Å². The minimum absolute atomic E-state index is 0.0136. The number of nitrogens with zero attached hydrogens (tertiary/aromatic N) is 2. The van der Waals surface area contributed by atoms with Crippen molar-refractivity contribution in [3.05, 3.63) is 42.0 Å². The fourth-order valence-corrected chi connectivity index (χ4v) is 3.46. The van der Waals surface area contributed by atoms with Gasteiger partial charge in [0.15, 0.2) is 11.5 Å². The van der Waals surface area contributed by atoms with E-state index in [1.807, 2.05) is 0 Å². The molecule has 31 heavy (non-hydrogen) atoms. The molecular formula is C20H25N3O7S. The highest BCUT2D eigenvalue weighted by Crippen LogP contribution is 2.33. The zero-order valence-corrected chi connectivity index (χ0v) is 18.5. The van der Waals surface area contributed by atoms with E-state index in [4.69, 9.17) is 14.2 Å². The molecule has 0 spiro atoms. The molecule has 2 N–H and O–H groups in total. The van der Waals surface area contributed by atoms with Crippen LogP contribution in [-0.2, 0) is 14.8 Å². The molecule has 1 amide bonds. The summed E-state index contributed by atoms with van der Waals surface area (Å²) in [7, 11) is -0.946. The maximum atomic E-state index is 12.3. The average molecular weight is 452 g/mol. The van der Waals surface area contributed by atoms with E-state index in [1.54, 1.807) is 25.1 Å². The van der Waals surface area contributed by atoms with Gasteiger partial charge in [-0.2, -0.15) is 5.10 Å². The Kier molecular flexibility index (Phi) is 8.08. The number of anilines is 1. The van der Waals surface area contributed by atoms with Crippen molar-refractivity contribution < 1.29 is 32.5 Å². The van der Waals surface area contributed by atoms with E-state index in [1.165, 1.54) is 38.6 Å². The summed E-state index contributed by atoms with van der Waals surface area (Å²) in [5, 5.41) is 13.6. The molecular weight excluding hydrogens is 426 g/mol. The lowest BCUT2D eigenvalue weighted by atomic mass is 10.2. The topological polar surface area (TPSA) is 127 Å². The summed E-state index contributed by atoms with van der Waals surface area (Å²) in [6, 6.07) is 9.14. The first-order valence-corrected chi connectivity index (χ1v) is 11.0. The molecule has 2 rings (SSSR count). The van der Waals surface area contributed by atoms with Gasteiger partial charge in [-0.25, -0.2) is 13.8 Å². The molecule has 0 aromatic heterocycles. The van der Waals surface area contributed by atoms with Crippen molar-refractivity contribution in [2.45, 2.75) is 6.92 Å². The predicted octanol–water partition coefficient (Wildman–Crippen LogP) is 1.72. The second-order valence-corrected chi connectivity index (χ2v) is 8.17. The molecule has 0 aliphatic carbocycles. The van der Waals surface area contributed by atoms with Crippen LogP contribution in [-0.4, -0.2) is 59.3 Å². The first-order valence-electron chi connectivity index (χ1n) is 9.17. The van der Waals surface area contributed by atoms with Crippen molar-refractivity contribution in [2.24, 2.45) is 5.10 Å². The molecule has 0 bridgehead atoms. The Morgan fingerprint density at radius 3 is 2.52 bits per heavy atom. The van der Waals surface area contributed by atoms with E-state index in [2.05, 4.69) is 10.5 Å². The largest absolute Gasteiger partial charge is 0.504 e. The number of amides is 1. The summed E-state index contributed by atoms with van der Waals surface area (Å²) in [4.78, 5) is 12.3.